The normalized spacial score (nSPS) is 10.5. The van der Waals surface area contributed by atoms with Gasteiger partial charge in [0.2, 0.25) is 0 Å². The third kappa shape index (κ3) is 12.5. The van der Waals surface area contributed by atoms with Crippen molar-refractivity contribution in [2.75, 3.05) is 5.75 Å². The monoisotopic (exact) mass is 298 g/mol. The summed E-state index contributed by atoms with van der Waals surface area (Å²) in [5.74, 6) is 1.23. The smallest absolute Gasteiger partial charge is 0.418 e. The molecule has 1 aromatic heterocycles. The third-order valence-corrected chi connectivity index (χ3v) is 5.99. The molecule has 13 heavy (non-hydrogen) atoms. The summed E-state index contributed by atoms with van der Waals surface area (Å²) in [5.41, 5.74) is 0. The van der Waals surface area contributed by atoms with Gasteiger partial charge in [-0.05, 0) is 0 Å². The first-order valence-corrected chi connectivity index (χ1v) is 7.00. The van der Waals surface area contributed by atoms with Gasteiger partial charge in [0, 0.05) is 0 Å². The second-order valence-corrected chi connectivity index (χ2v) is 7.22. The van der Waals surface area contributed by atoms with E-state index in [4.69, 9.17) is 0 Å². The van der Waals surface area contributed by atoms with Crippen LogP contribution in [0.5, 0.6) is 0 Å². The predicted molar refractivity (Wildman–Crippen MR) is 52.3 cm³/mol. The summed E-state index contributed by atoms with van der Waals surface area (Å²) in [6, 6.07) is 0. The van der Waals surface area contributed by atoms with Crippen LogP contribution in [0.15, 0.2) is 13.4 Å². The van der Waals surface area contributed by atoms with E-state index in [9.17, 15) is 17.3 Å². The van der Waals surface area contributed by atoms with E-state index in [0.29, 0.717) is 14.5 Å². The van der Waals surface area contributed by atoms with Crippen LogP contribution < -0.4 is 0 Å². The van der Waals surface area contributed by atoms with Gasteiger partial charge in [0.25, 0.3) is 0 Å². The molecule has 1 rings (SSSR count). The zero-order chi connectivity index (χ0) is 10.3. The van der Waals surface area contributed by atoms with Gasteiger partial charge in [-0.3, -0.25) is 0 Å². The van der Waals surface area contributed by atoms with Gasteiger partial charge in [0.15, 0.2) is 0 Å². The van der Waals surface area contributed by atoms with Crippen LogP contribution in [0.3, 0.4) is 0 Å². The van der Waals surface area contributed by atoms with Gasteiger partial charge < -0.3 is 17.3 Å². The van der Waals surface area contributed by atoms with Gasteiger partial charge in [0.1, 0.15) is 0 Å². The minimum atomic E-state index is -6.00. The van der Waals surface area contributed by atoms with Crippen LogP contribution in [-0.2, 0) is 0 Å². The Balaban J connectivity index is 0.000000252. The molecule has 1 heterocycles. The number of hydrogen-bond donors (Lipinski definition) is 0. The van der Waals surface area contributed by atoms with Gasteiger partial charge >= 0.3 is 70.9 Å². The Hall–Kier alpha value is 0.484. The van der Waals surface area contributed by atoms with E-state index in [1.807, 2.05) is 23.1 Å². The Morgan fingerprint density at radius 2 is 2.00 bits per heavy atom. The molecule has 0 aliphatic rings. The van der Waals surface area contributed by atoms with E-state index in [1.54, 1.807) is 3.08 Å². The van der Waals surface area contributed by atoms with E-state index < -0.39 is 7.25 Å². The summed E-state index contributed by atoms with van der Waals surface area (Å²) in [5, 5.41) is 2.19. The number of thioether (sulfide) groups is 1. The third-order valence-electron chi connectivity index (χ3n) is 0.646. The number of rotatable bonds is 2. The second kappa shape index (κ2) is 6.87. The quantitative estimate of drug-likeness (QED) is 0.348. The molecule has 0 aromatic carbocycles. The summed E-state index contributed by atoms with van der Waals surface area (Å²) >= 11 is 4.58. The Kier molecular flexibility index (Phi) is 7.12. The molecular weight excluding hydrogens is 290 g/mol. The Bertz CT molecular complexity index is 207. The minimum absolute atomic E-state index is 0.700. The molecule has 1 aromatic rings. The Morgan fingerprint density at radius 1 is 1.46 bits per heavy atom. The van der Waals surface area contributed by atoms with Crippen molar-refractivity contribution in [2.45, 2.75) is 10.0 Å². The summed E-state index contributed by atoms with van der Waals surface area (Å²) in [7, 11) is -6.00. The molecule has 0 saturated heterocycles. The van der Waals surface area contributed by atoms with Crippen LogP contribution in [0.1, 0.15) is 6.92 Å². The van der Waals surface area contributed by atoms with Crippen molar-refractivity contribution in [3.63, 3.8) is 0 Å². The van der Waals surface area contributed by atoms with Crippen LogP contribution >= 0.6 is 23.1 Å². The van der Waals surface area contributed by atoms with Crippen LogP contribution in [0.25, 0.3) is 0 Å². The Labute approximate surface area is 88.2 Å². The molecule has 0 radical (unpaired) electrons. The number of halogens is 4. The van der Waals surface area contributed by atoms with Gasteiger partial charge in [-0.1, -0.05) is 0 Å². The topological polar surface area (TPSA) is 0 Å². The van der Waals surface area contributed by atoms with Crippen molar-refractivity contribution < 1.29 is 17.3 Å². The first-order chi connectivity index (χ1) is 5.93. The van der Waals surface area contributed by atoms with Crippen molar-refractivity contribution in [2.24, 2.45) is 0 Å². The largest absolute Gasteiger partial charge is 0.673 e. The SMILES string of the molecule is CCSc1[s+]cc[se]1.F[B-](F)(F)F. The molecule has 0 bridgehead atoms. The molecule has 0 saturated carbocycles. The molecule has 0 unspecified atom stereocenters. The molecule has 0 spiro atoms. The van der Waals surface area contributed by atoms with Crippen molar-refractivity contribution in [1.29, 1.82) is 0 Å². The van der Waals surface area contributed by atoms with E-state index >= 15 is 0 Å². The first-order valence-electron chi connectivity index (χ1n) is 3.29. The van der Waals surface area contributed by atoms with Crippen LogP contribution in [0.4, 0.5) is 17.3 Å². The molecule has 0 fully saturated rings. The van der Waals surface area contributed by atoms with Gasteiger partial charge in [0.05, 0.1) is 0 Å². The fourth-order valence-corrected chi connectivity index (χ4v) is 5.13. The molecule has 76 valence electrons. The molecule has 8 heteroatoms. The molecule has 0 N–H and O–H groups in total. The minimum Gasteiger partial charge on any atom is -0.418 e. The van der Waals surface area contributed by atoms with E-state index in [2.05, 4.69) is 17.2 Å². The average molecular weight is 297 g/mol. The van der Waals surface area contributed by atoms with Crippen LogP contribution in [0.2, 0.25) is 0 Å². The zero-order valence-electron chi connectivity index (χ0n) is 6.68. The van der Waals surface area contributed by atoms with E-state index in [0.717, 1.165) is 0 Å². The van der Waals surface area contributed by atoms with Gasteiger partial charge in [-0.15, -0.1) is 0 Å². The molecule has 0 aliphatic carbocycles. The van der Waals surface area contributed by atoms with Crippen LogP contribution in [-0.4, -0.2) is 27.5 Å². The summed E-state index contributed by atoms with van der Waals surface area (Å²) in [4.78, 5) is 2.27. The summed E-state index contributed by atoms with van der Waals surface area (Å²) < 4.78 is 40.6. The maximum atomic E-state index is 9.75. The standard InChI is InChI=1S/C5H7S2Se.BF4/c1-2-6-5-7-3-4-8-5;2-1(3,4)5/h3-4H,2H2,1H3;/q+1;-1. The zero-order valence-corrected chi connectivity index (χ0v) is 10.0. The fraction of sp³-hybridized carbons (Fsp3) is 0.400. The Morgan fingerprint density at radius 3 is 2.31 bits per heavy atom. The summed E-state index contributed by atoms with van der Waals surface area (Å²) in [6.07, 6.45) is 0. The van der Waals surface area contributed by atoms with Crippen molar-refractivity contribution in [3.05, 3.63) is 10.3 Å². The van der Waals surface area contributed by atoms with E-state index in [1.165, 1.54) is 5.75 Å². The van der Waals surface area contributed by atoms with E-state index in [-0.39, 0.29) is 0 Å². The van der Waals surface area contributed by atoms with Crippen molar-refractivity contribution in [3.8, 4) is 0 Å². The molecular formula is C5H7BF4S2Se. The van der Waals surface area contributed by atoms with Crippen molar-refractivity contribution >= 4 is 44.9 Å². The van der Waals surface area contributed by atoms with Crippen LogP contribution in [0, 0.1) is 0 Å². The van der Waals surface area contributed by atoms with Gasteiger partial charge in [-0.25, -0.2) is 0 Å². The molecule has 0 amide bonds. The summed E-state index contributed by atoms with van der Waals surface area (Å²) in [6.45, 7) is 2.20. The molecule has 0 aliphatic heterocycles. The van der Waals surface area contributed by atoms with Gasteiger partial charge in [-0.2, -0.15) is 0 Å². The maximum absolute atomic E-state index is 9.75. The van der Waals surface area contributed by atoms with Crippen molar-refractivity contribution in [1.82, 2.24) is 0 Å². The fourth-order valence-electron chi connectivity index (χ4n) is 0.380. The predicted octanol–water partition coefficient (Wildman–Crippen LogP) is 3.50. The maximum Gasteiger partial charge on any atom is 0.673 e. The molecule has 0 atom stereocenters. The number of hydrogen-bond acceptors (Lipinski definition) is 1. The second-order valence-electron chi connectivity index (χ2n) is 1.69. The average Bonchev–Trinajstić information content (AvgIpc) is 2.36. The molecule has 0 nitrogen and oxygen atoms in total. The first kappa shape index (κ1) is 13.5.